The molecule has 0 fully saturated rings. The summed E-state index contributed by atoms with van der Waals surface area (Å²) in [5.74, 6) is 0. The van der Waals surface area contributed by atoms with Crippen molar-refractivity contribution in [3.63, 3.8) is 0 Å². The molecule has 0 N–H and O–H groups in total. The largest absolute Gasteiger partial charge is 0.224 e. The number of para-hydroxylation sites is 1. The first-order valence-corrected chi connectivity index (χ1v) is 10.4. The van der Waals surface area contributed by atoms with Gasteiger partial charge in [-0.15, -0.1) is 16.9 Å². The topological polar surface area (TPSA) is 30.7 Å². The maximum absolute atomic E-state index is 4.67. The van der Waals surface area contributed by atoms with Crippen LogP contribution in [0.3, 0.4) is 0 Å². The second kappa shape index (κ2) is 7.44. The quantitative estimate of drug-likeness (QED) is 0.427. The molecule has 4 heteroatoms. The Bertz CT molecular complexity index is 1050. The molecular weight excluding hydrogens is 362 g/mol. The van der Waals surface area contributed by atoms with E-state index in [4.69, 9.17) is 0 Å². The Balaban J connectivity index is 1.99. The van der Waals surface area contributed by atoms with Crippen LogP contribution in [0.5, 0.6) is 0 Å². The van der Waals surface area contributed by atoms with Crippen molar-refractivity contribution >= 4 is 22.8 Å². The molecule has 142 valence electrons. The Morgan fingerprint density at radius 2 is 1.39 bits per heavy atom. The lowest BCUT2D eigenvalue weighted by molar-refractivity contribution is 0.462. The fourth-order valence-corrected chi connectivity index (χ4v) is 5.38. The van der Waals surface area contributed by atoms with E-state index in [1.807, 2.05) is 23.9 Å². The summed E-state index contributed by atoms with van der Waals surface area (Å²) in [6.07, 6.45) is 0.827. The van der Waals surface area contributed by atoms with E-state index in [9.17, 15) is 0 Å². The summed E-state index contributed by atoms with van der Waals surface area (Å²) in [6, 6.07) is 29.6. The van der Waals surface area contributed by atoms with Gasteiger partial charge in [0.15, 0.2) is 0 Å². The summed E-state index contributed by atoms with van der Waals surface area (Å²) >= 11 is 1.93. The van der Waals surface area contributed by atoms with Gasteiger partial charge in [0.05, 0.1) is 5.52 Å². The lowest BCUT2D eigenvalue weighted by Gasteiger charge is -2.39. The van der Waals surface area contributed by atoms with Crippen LogP contribution in [0, 0.1) is 0 Å². The first kappa shape index (κ1) is 18.8. The Morgan fingerprint density at radius 3 is 2.07 bits per heavy atom. The predicted molar refractivity (Wildman–Crippen MR) is 119 cm³/mol. The van der Waals surface area contributed by atoms with E-state index in [2.05, 4.69) is 109 Å². The zero-order chi connectivity index (χ0) is 19.6. The zero-order valence-corrected chi connectivity index (χ0v) is 17.4. The number of rotatable bonds is 5. The lowest BCUT2D eigenvalue weighted by Crippen LogP contribution is -2.38. The van der Waals surface area contributed by atoms with Crippen molar-refractivity contribution < 1.29 is 0 Å². The summed E-state index contributed by atoms with van der Waals surface area (Å²) < 4.78 is 2.15. The van der Waals surface area contributed by atoms with Crippen molar-refractivity contribution in [2.24, 2.45) is 0 Å². The SMILES string of the molecule is CC(C)(C)SC(Cc1ccccc1)(c1ccccc1)n1nnc2ccccc21. The van der Waals surface area contributed by atoms with Crippen molar-refractivity contribution in [1.82, 2.24) is 15.0 Å². The Kier molecular flexibility index (Phi) is 4.98. The van der Waals surface area contributed by atoms with Crippen molar-refractivity contribution in [1.29, 1.82) is 0 Å². The van der Waals surface area contributed by atoms with Crippen LogP contribution < -0.4 is 0 Å². The van der Waals surface area contributed by atoms with Gasteiger partial charge < -0.3 is 0 Å². The summed E-state index contributed by atoms with van der Waals surface area (Å²) in [5, 5.41) is 9.15. The monoisotopic (exact) mass is 387 g/mol. The van der Waals surface area contributed by atoms with E-state index < -0.39 is 4.87 Å². The van der Waals surface area contributed by atoms with Gasteiger partial charge in [-0.1, -0.05) is 98.8 Å². The van der Waals surface area contributed by atoms with Gasteiger partial charge in [-0.2, -0.15) is 0 Å². The zero-order valence-electron chi connectivity index (χ0n) is 16.5. The summed E-state index contributed by atoms with van der Waals surface area (Å²) in [7, 11) is 0. The second-order valence-electron chi connectivity index (χ2n) is 8.02. The summed E-state index contributed by atoms with van der Waals surface area (Å²) in [5.41, 5.74) is 4.49. The molecule has 1 heterocycles. The van der Waals surface area contributed by atoms with Gasteiger partial charge in [-0.05, 0) is 23.3 Å². The Labute approximate surface area is 170 Å². The highest BCUT2D eigenvalue weighted by Gasteiger charge is 2.41. The number of hydrogen-bond donors (Lipinski definition) is 0. The first-order chi connectivity index (χ1) is 13.5. The number of thioether (sulfide) groups is 1. The smallest absolute Gasteiger partial charge is 0.140 e. The molecule has 1 aromatic heterocycles. The fourth-order valence-electron chi connectivity index (χ4n) is 3.65. The molecule has 3 nitrogen and oxygen atoms in total. The van der Waals surface area contributed by atoms with Crippen molar-refractivity contribution in [2.45, 2.75) is 36.8 Å². The van der Waals surface area contributed by atoms with Crippen molar-refractivity contribution in [3.05, 3.63) is 96.1 Å². The first-order valence-electron chi connectivity index (χ1n) is 9.58. The van der Waals surface area contributed by atoms with E-state index >= 15 is 0 Å². The Morgan fingerprint density at radius 1 is 0.786 bits per heavy atom. The number of nitrogens with zero attached hydrogens (tertiary/aromatic N) is 3. The minimum atomic E-state index is -0.406. The third kappa shape index (κ3) is 3.69. The summed E-state index contributed by atoms with van der Waals surface area (Å²) in [4.78, 5) is -0.406. The second-order valence-corrected chi connectivity index (χ2v) is 10.1. The molecule has 0 aliphatic heterocycles. The van der Waals surface area contributed by atoms with Crippen LogP contribution in [0.1, 0.15) is 31.9 Å². The van der Waals surface area contributed by atoms with Gasteiger partial charge in [0.2, 0.25) is 0 Å². The van der Waals surface area contributed by atoms with E-state index in [1.165, 1.54) is 11.1 Å². The molecule has 4 aromatic rings. The molecule has 0 saturated carbocycles. The van der Waals surface area contributed by atoms with Crippen molar-refractivity contribution in [3.8, 4) is 0 Å². The van der Waals surface area contributed by atoms with Gasteiger partial charge in [-0.3, -0.25) is 0 Å². The number of aromatic nitrogens is 3. The summed E-state index contributed by atoms with van der Waals surface area (Å²) in [6.45, 7) is 6.79. The van der Waals surface area contributed by atoms with Gasteiger partial charge in [0.25, 0.3) is 0 Å². The molecule has 28 heavy (non-hydrogen) atoms. The highest BCUT2D eigenvalue weighted by molar-refractivity contribution is 8.01. The van der Waals surface area contributed by atoms with Crippen LogP contribution in [0.2, 0.25) is 0 Å². The molecule has 1 atom stereocenters. The third-order valence-electron chi connectivity index (χ3n) is 4.68. The molecule has 0 aliphatic carbocycles. The van der Waals surface area contributed by atoms with E-state index in [0.717, 1.165) is 17.5 Å². The predicted octanol–water partition coefficient (Wildman–Crippen LogP) is 5.91. The van der Waals surface area contributed by atoms with Crippen LogP contribution in [-0.2, 0) is 11.3 Å². The van der Waals surface area contributed by atoms with E-state index in [1.54, 1.807) is 0 Å². The van der Waals surface area contributed by atoms with Gasteiger partial charge in [0.1, 0.15) is 10.4 Å². The van der Waals surface area contributed by atoms with Gasteiger partial charge in [-0.25, -0.2) is 4.68 Å². The molecule has 0 amide bonds. The molecule has 3 aromatic carbocycles. The van der Waals surface area contributed by atoms with Crippen LogP contribution in [0.25, 0.3) is 11.0 Å². The van der Waals surface area contributed by atoms with Gasteiger partial charge >= 0.3 is 0 Å². The van der Waals surface area contributed by atoms with E-state index in [-0.39, 0.29) is 4.75 Å². The number of hydrogen-bond acceptors (Lipinski definition) is 3. The molecule has 0 aliphatic rings. The molecule has 1 unspecified atom stereocenters. The minimum absolute atomic E-state index is 0.0255. The molecular formula is C24H25N3S. The fraction of sp³-hybridized carbons (Fsp3) is 0.250. The van der Waals surface area contributed by atoms with Crippen LogP contribution >= 0.6 is 11.8 Å². The molecule has 0 radical (unpaired) electrons. The van der Waals surface area contributed by atoms with Crippen LogP contribution in [0.4, 0.5) is 0 Å². The van der Waals surface area contributed by atoms with Gasteiger partial charge in [0, 0.05) is 11.2 Å². The standard InChI is InChI=1S/C24H25N3S/c1-23(2,3)28-24(20-14-8-5-9-15-20,18-19-12-6-4-7-13-19)27-22-17-11-10-16-21(22)25-26-27/h4-17H,18H2,1-3H3. The minimum Gasteiger partial charge on any atom is -0.224 e. The molecule has 0 bridgehead atoms. The highest BCUT2D eigenvalue weighted by atomic mass is 32.2. The molecule has 4 rings (SSSR count). The van der Waals surface area contributed by atoms with Crippen LogP contribution in [0.15, 0.2) is 84.9 Å². The maximum Gasteiger partial charge on any atom is 0.140 e. The average molecular weight is 388 g/mol. The Hall–Kier alpha value is -2.59. The number of benzene rings is 3. The normalized spacial score (nSPS) is 14.1. The highest BCUT2D eigenvalue weighted by Crippen LogP contribution is 2.48. The molecule has 0 spiro atoms. The van der Waals surface area contributed by atoms with E-state index in [0.29, 0.717) is 0 Å². The van der Waals surface area contributed by atoms with Crippen LogP contribution in [-0.4, -0.2) is 19.7 Å². The number of fused-ring (bicyclic) bond motifs is 1. The third-order valence-corrected chi connectivity index (χ3v) is 6.18. The molecule has 0 saturated heterocycles. The lowest BCUT2D eigenvalue weighted by atomic mass is 9.97. The van der Waals surface area contributed by atoms with Crippen molar-refractivity contribution in [2.75, 3.05) is 0 Å². The maximum atomic E-state index is 4.67. The average Bonchev–Trinajstić information content (AvgIpc) is 3.12.